The molecule has 1 fully saturated rings. The molecule has 3 N–H and O–H groups in total. The van der Waals surface area contributed by atoms with E-state index in [1.807, 2.05) is 23.6 Å². The van der Waals surface area contributed by atoms with E-state index in [0.29, 0.717) is 18.9 Å². The second kappa shape index (κ2) is 11.5. The van der Waals surface area contributed by atoms with Crippen LogP contribution in [0.5, 0.6) is 0 Å². The van der Waals surface area contributed by atoms with Crippen LogP contribution in [0.1, 0.15) is 37.8 Å². The quantitative estimate of drug-likeness (QED) is 0.753. The first-order valence-corrected chi connectivity index (χ1v) is 9.49. The number of halogens is 2. The third-order valence-electron chi connectivity index (χ3n) is 4.60. The highest BCUT2D eigenvalue weighted by Gasteiger charge is 2.24. The van der Waals surface area contributed by atoms with Crippen LogP contribution in [0.25, 0.3) is 10.7 Å². The van der Waals surface area contributed by atoms with Gasteiger partial charge in [0.15, 0.2) is 0 Å². The highest BCUT2D eigenvalue weighted by atomic mass is 35.5. The molecule has 1 aliphatic rings. The van der Waals surface area contributed by atoms with Gasteiger partial charge in [-0.1, -0.05) is 25.3 Å². The summed E-state index contributed by atoms with van der Waals surface area (Å²) in [5.74, 6) is 0.529. The van der Waals surface area contributed by atoms with E-state index < -0.39 is 0 Å². The first-order chi connectivity index (χ1) is 11.8. The molecule has 1 atom stereocenters. The predicted molar refractivity (Wildman–Crippen MR) is 111 cm³/mol. The normalized spacial score (nSPS) is 15.4. The molecule has 3 rings (SSSR count). The van der Waals surface area contributed by atoms with Gasteiger partial charge in [0.25, 0.3) is 0 Å². The molecule has 2 heterocycles. The van der Waals surface area contributed by atoms with Gasteiger partial charge >= 0.3 is 0 Å². The Morgan fingerprint density at radius 3 is 2.69 bits per heavy atom. The molecule has 0 radical (unpaired) electrons. The molecule has 2 aromatic heterocycles. The average Bonchev–Trinajstić information content (AvgIpc) is 3.09. The molecular formula is C18H26Cl2N4OS. The van der Waals surface area contributed by atoms with Crippen molar-refractivity contribution in [2.45, 2.75) is 44.6 Å². The lowest BCUT2D eigenvalue weighted by Gasteiger charge is -2.30. The van der Waals surface area contributed by atoms with E-state index in [1.165, 1.54) is 43.4 Å². The molecule has 144 valence electrons. The molecule has 0 saturated heterocycles. The minimum absolute atomic E-state index is 0. The molecule has 0 aromatic carbocycles. The summed E-state index contributed by atoms with van der Waals surface area (Å²) in [6.07, 6.45) is 8.18. The Morgan fingerprint density at radius 2 is 2.04 bits per heavy atom. The number of amides is 1. The Kier molecular flexibility index (Phi) is 10.1. The average molecular weight is 417 g/mol. The Balaban J connectivity index is 0.00000169. The van der Waals surface area contributed by atoms with Crippen LogP contribution >= 0.6 is 36.2 Å². The lowest BCUT2D eigenvalue weighted by atomic mass is 9.84. The minimum Gasteiger partial charge on any atom is -0.351 e. The summed E-state index contributed by atoms with van der Waals surface area (Å²) in [5, 5.41) is 5.90. The van der Waals surface area contributed by atoms with Crippen LogP contribution in [0.3, 0.4) is 0 Å². The van der Waals surface area contributed by atoms with Crippen LogP contribution in [0.15, 0.2) is 29.8 Å². The van der Waals surface area contributed by atoms with Crippen LogP contribution < -0.4 is 11.1 Å². The number of hydrogen-bond acceptors (Lipinski definition) is 5. The van der Waals surface area contributed by atoms with Crippen LogP contribution in [-0.4, -0.2) is 28.5 Å². The Bertz CT molecular complexity index is 662. The number of carbonyl (C=O) groups is 1. The van der Waals surface area contributed by atoms with Gasteiger partial charge in [0.1, 0.15) is 5.01 Å². The highest BCUT2D eigenvalue weighted by molar-refractivity contribution is 7.13. The third kappa shape index (κ3) is 6.20. The van der Waals surface area contributed by atoms with Gasteiger partial charge in [-0.25, -0.2) is 4.98 Å². The van der Waals surface area contributed by atoms with Crippen molar-refractivity contribution in [2.24, 2.45) is 11.7 Å². The zero-order chi connectivity index (χ0) is 16.8. The van der Waals surface area contributed by atoms with Gasteiger partial charge in [-0.2, -0.15) is 0 Å². The summed E-state index contributed by atoms with van der Waals surface area (Å²) in [4.78, 5) is 21.2. The second-order valence-electron chi connectivity index (χ2n) is 6.34. The fourth-order valence-corrected chi connectivity index (χ4v) is 4.12. The summed E-state index contributed by atoms with van der Waals surface area (Å²) in [6, 6.07) is 5.83. The van der Waals surface area contributed by atoms with E-state index in [2.05, 4.69) is 15.3 Å². The van der Waals surface area contributed by atoms with Gasteiger partial charge in [0, 0.05) is 24.2 Å². The molecule has 0 spiro atoms. The van der Waals surface area contributed by atoms with Crippen LogP contribution in [0, 0.1) is 5.92 Å². The van der Waals surface area contributed by atoms with Crippen molar-refractivity contribution in [3.05, 3.63) is 35.5 Å². The summed E-state index contributed by atoms with van der Waals surface area (Å²) in [5.41, 5.74) is 7.52. The summed E-state index contributed by atoms with van der Waals surface area (Å²) < 4.78 is 0. The van der Waals surface area contributed by atoms with Crippen molar-refractivity contribution in [1.29, 1.82) is 0 Å². The number of nitrogens with zero attached hydrogens (tertiary/aromatic N) is 2. The molecular weight excluding hydrogens is 391 g/mol. The number of nitrogens with one attached hydrogen (secondary N) is 1. The van der Waals surface area contributed by atoms with Crippen LogP contribution in [-0.2, 0) is 11.2 Å². The van der Waals surface area contributed by atoms with Crippen LogP contribution in [0.4, 0.5) is 0 Å². The minimum atomic E-state index is 0. The summed E-state index contributed by atoms with van der Waals surface area (Å²) in [6.45, 7) is 0.507. The number of hydrogen-bond donors (Lipinski definition) is 2. The van der Waals surface area contributed by atoms with Gasteiger partial charge in [0.2, 0.25) is 5.91 Å². The van der Waals surface area contributed by atoms with E-state index in [9.17, 15) is 4.79 Å². The molecule has 1 unspecified atom stereocenters. The Hall–Kier alpha value is -1.21. The Labute approximate surface area is 171 Å². The Morgan fingerprint density at radius 1 is 1.27 bits per heavy atom. The van der Waals surface area contributed by atoms with E-state index in [0.717, 1.165) is 16.4 Å². The van der Waals surface area contributed by atoms with E-state index in [4.69, 9.17) is 5.73 Å². The van der Waals surface area contributed by atoms with Gasteiger partial charge in [-0.15, -0.1) is 36.2 Å². The molecule has 1 saturated carbocycles. The molecule has 5 nitrogen and oxygen atoms in total. The SMILES string of the molecule is Cl.Cl.NCC(NC(=O)Cc1csc(-c2ccccn2)n1)C1CCCCC1. The molecule has 2 aromatic rings. The maximum absolute atomic E-state index is 12.4. The molecule has 1 amide bonds. The fourth-order valence-electron chi connectivity index (χ4n) is 3.32. The topological polar surface area (TPSA) is 80.9 Å². The molecule has 8 heteroatoms. The van der Waals surface area contributed by atoms with Crippen molar-refractivity contribution in [3.63, 3.8) is 0 Å². The van der Waals surface area contributed by atoms with E-state index in [1.54, 1.807) is 6.20 Å². The number of thiazole rings is 1. The lowest BCUT2D eigenvalue weighted by molar-refractivity contribution is -0.121. The first-order valence-electron chi connectivity index (χ1n) is 8.61. The van der Waals surface area contributed by atoms with Crippen molar-refractivity contribution >= 4 is 42.1 Å². The second-order valence-corrected chi connectivity index (χ2v) is 7.20. The third-order valence-corrected chi connectivity index (χ3v) is 5.51. The number of aromatic nitrogens is 2. The smallest absolute Gasteiger partial charge is 0.226 e. The maximum atomic E-state index is 12.4. The zero-order valence-electron chi connectivity index (χ0n) is 14.6. The van der Waals surface area contributed by atoms with Gasteiger partial charge < -0.3 is 11.1 Å². The van der Waals surface area contributed by atoms with Crippen LogP contribution in [0.2, 0.25) is 0 Å². The van der Waals surface area contributed by atoms with E-state index >= 15 is 0 Å². The maximum Gasteiger partial charge on any atom is 0.226 e. The number of rotatable bonds is 6. The van der Waals surface area contributed by atoms with Crippen molar-refractivity contribution in [1.82, 2.24) is 15.3 Å². The number of nitrogens with two attached hydrogens (primary N) is 1. The van der Waals surface area contributed by atoms with Crippen molar-refractivity contribution in [2.75, 3.05) is 6.54 Å². The standard InChI is InChI=1S/C18H24N4OS.2ClH/c19-11-16(13-6-2-1-3-7-13)22-17(23)10-14-12-24-18(21-14)15-8-4-5-9-20-15;;/h4-5,8-9,12-13,16H,1-3,6-7,10-11,19H2,(H,22,23);2*1H. The molecule has 0 aliphatic heterocycles. The van der Waals surface area contributed by atoms with Gasteiger partial charge in [-0.3, -0.25) is 9.78 Å². The van der Waals surface area contributed by atoms with Crippen molar-refractivity contribution in [3.8, 4) is 10.7 Å². The van der Waals surface area contributed by atoms with Gasteiger partial charge in [-0.05, 0) is 30.9 Å². The number of pyridine rings is 1. The molecule has 0 bridgehead atoms. The fraction of sp³-hybridized carbons (Fsp3) is 0.500. The van der Waals surface area contributed by atoms with Gasteiger partial charge in [0.05, 0.1) is 17.8 Å². The van der Waals surface area contributed by atoms with Crippen molar-refractivity contribution < 1.29 is 4.79 Å². The predicted octanol–water partition coefficient (Wildman–Crippen LogP) is 3.62. The first kappa shape index (κ1) is 22.8. The largest absolute Gasteiger partial charge is 0.351 e. The molecule has 1 aliphatic carbocycles. The molecule has 26 heavy (non-hydrogen) atoms. The number of carbonyl (C=O) groups excluding carboxylic acids is 1. The van der Waals surface area contributed by atoms with E-state index in [-0.39, 0.29) is 36.8 Å². The summed E-state index contributed by atoms with van der Waals surface area (Å²) in [7, 11) is 0. The monoisotopic (exact) mass is 416 g/mol. The zero-order valence-corrected chi connectivity index (χ0v) is 17.0. The lowest BCUT2D eigenvalue weighted by Crippen LogP contribution is -2.46. The highest BCUT2D eigenvalue weighted by Crippen LogP contribution is 2.26. The summed E-state index contributed by atoms with van der Waals surface area (Å²) >= 11 is 1.52.